The van der Waals surface area contributed by atoms with Gasteiger partial charge < -0.3 is 9.64 Å². The Bertz CT molecular complexity index is 505. The molecule has 1 aliphatic rings. The highest BCUT2D eigenvalue weighted by atomic mass is 79.9. The van der Waals surface area contributed by atoms with E-state index in [1.807, 2.05) is 27.8 Å². The second-order valence-electron chi connectivity index (χ2n) is 6.04. The van der Waals surface area contributed by atoms with Gasteiger partial charge in [0.25, 0.3) is 0 Å². The van der Waals surface area contributed by atoms with Gasteiger partial charge in [0.1, 0.15) is 10.2 Å². The number of hydrogen-bond acceptors (Lipinski definition) is 3. The fourth-order valence-electron chi connectivity index (χ4n) is 2.25. The van der Waals surface area contributed by atoms with Crippen LogP contribution in [0.25, 0.3) is 0 Å². The molecule has 1 aromatic rings. The van der Waals surface area contributed by atoms with Gasteiger partial charge in [0.2, 0.25) is 0 Å². The molecule has 0 bridgehead atoms. The number of carbonyl (C=O) groups is 1. The summed E-state index contributed by atoms with van der Waals surface area (Å²) in [6.07, 6.45) is -0.263. The monoisotopic (exact) mass is 329 g/mol. The third-order valence-electron chi connectivity index (χ3n) is 3.06. The van der Waals surface area contributed by atoms with Crippen LogP contribution in [-0.2, 0) is 18.3 Å². The van der Waals surface area contributed by atoms with Crippen LogP contribution in [0.4, 0.5) is 4.79 Å². The van der Waals surface area contributed by atoms with Crippen LogP contribution in [0.5, 0.6) is 0 Å². The van der Waals surface area contributed by atoms with Crippen molar-refractivity contribution >= 4 is 22.0 Å². The number of nitrogens with zero attached hydrogens (tertiary/aromatic N) is 3. The van der Waals surface area contributed by atoms with Gasteiger partial charge in [-0.15, -0.1) is 0 Å². The molecule has 0 spiro atoms. The van der Waals surface area contributed by atoms with Crippen molar-refractivity contribution in [3.05, 3.63) is 15.9 Å². The fourth-order valence-corrected chi connectivity index (χ4v) is 2.65. The molecular formula is C13H20BrN3O2. The first-order valence-electron chi connectivity index (χ1n) is 6.38. The second-order valence-corrected chi connectivity index (χ2v) is 6.79. The number of amides is 1. The number of fused-ring (bicyclic) bond motifs is 1. The Balaban J connectivity index is 2.21. The Labute approximate surface area is 122 Å². The lowest BCUT2D eigenvalue weighted by Crippen LogP contribution is -2.40. The molecule has 0 unspecified atom stereocenters. The predicted molar refractivity (Wildman–Crippen MR) is 76.0 cm³/mol. The lowest BCUT2D eigenvalue weighted by atomic mass is 9.99. The lowest BCUT2D eigenvalue weighted by molar-refractivity contribution is 0.0208. The Morgan fingerprint density at radius 1 is 1.47 bits per heavy atom. The number of hydrogen-bond donors (Lipinski definition) is 0. The summed E-state index contributed by atoms with van der Waals surface area (Å²) in [5.74, 6) is 0.216. The Hall–Kier alpha value is -1.04. The van der Waals surface area contributed by atoms with Crippen molar-refractivity contribution in [2.75, 3.05) is 6.54 Å². The molecule has 0 fully saturated rings. The summed E-state index contributed by atoms with van der Waals surface area (Å²) in [6.45, 7) is 8.90. The van der Waals surface area contributed by atoms with E-state index in [-0.39, 0.29) is 12.0 Å². The van der Waals surface area contributed by atoms with Gasteiger partial charge in [0, 0.05) is 25.1 Å². The van der Waals surface area contributed by atoms with Crippen molar-refractivity contribution in [1.29, 1.82) is 0 Å². The lowest BCUT2D eigenvalue weighted by Gasteiger charge is -2.32. The quantitative estimate of drug-likeness (QED) is 0.735. The first-order valence-corrected chi connectivity index (χ1v) is 7.17. The van der Waals surface area contributed by atoms with E-state index in [4.69, 9.17) is 4.74 Å². The Kier molecular flexibility index (Phi) is 3.64. The maximum absolute atomic E-state index is 12.1. The summed E-state index contributed by atoms with van der Waals surface area (Å²) in [5, 5.41) is 4.49. The molecule has 0 saturated heterocycles. The number of aromatic nitrogens is 2. The van der Waals surface area contributed by atoms with Crippen LogP contribution in [0.3, 0.4) is 0 Å². The van der Waals surface area contributed by atoms with E-state index in [0.29, 0.717) is 13.1 Å². The summed E-state index contributed by atoms with van der Waals surface area (Å²) < 4.78 is 8.17. The Morgan fingerprint density at radius 2 is 2.11 bits per heavy atom. The zero-order valence-corrected chi connectivity index (χ0v) is 13.6. The third kappa shape index (κ3) is 2.94. The topological polar surface area (TPSA) is 47.4 Å². The fraction of sp³-hybridized carbons (Fsp3) is 0.692. The molecular weight excluding hydrogens is 310 g/mol. The maximum atomic E-state index is 12.1. The number of ether oxygens (including phenoxy) is 1. The average Bonchev–Trinajstić information content (AvgIpc) is 2.54. The minimum absolute atomic E-state index is 0.216. The van der Waals surface area contributed by atoms with Crippen molar-refractivity contribution < 1.29 is 9.53 Å². The second kappa shape index (κ2) is 4.81. The van der Waals surface area contributed by atoms with Gasteiger partial charge in [-0.25, -0.2) is 4.79 Å². The van der Waals surface area contributed by atoms with E-state index in [9.17, 15) is 4.79 Å². The van der Waals surface area contributed by atoms with E-state index in [0.717, 1.165) is 15.9 Å². The molecule has 0 radical (unpaired) electrons. The highest BCUT2D eigenvalue weighted by Crippen LogP contribution is 2.32. The molecule has 2 rings (SSSR count). The van der Waals surface area contributed by atoms with Gasteiger partial charge in [-0.05, 0) is 36.7 Å². The van der Waals surface area contributed by atoms with Crippen molar-refractivity contribution in [2.24, 2.45) is 7.05 Å². The van der Waals surface area contributed by atoms with Gasteiger partial charge in [-0.1, -0.05) is 6.92 Å². The first-order chi connectivity index (χ1) is 8.69. The summed E-state index contributed by atoms with van der Waals surface area (Å²) in [6, 6.07) is 0. The largest absolute Gasteiger partial charge is 0.444 e. The molecule has 19 heavy (non-hydrogen) atoms. The molecule has 1 aromatic heterocycles. The van der Waals surface area contributed by atoms with Crippen LogP contribution in [0.1, 0.15) is 44.9 Å². The first kappa shape index (κ1) is 14.4. The summed E-state index contributed by atoms with van der Waals surface area (Å²) in [4.78, 5) is 13.9. The van der Waals surface area contributed by atoms with Crippen LogP contribution in [0, 0.1) is 0 Å². The van der Waals surface area contributed by atoms with E-state index >= 15 is 0 Å². The van der Waals surface area contributed by atoms with Crippen molar-refractivity contribution in [1.82, 2.24) is 14.7 Å². The van der Waals surface area contributed by atoms with E-state index in [1.165, 1.54) is 0 Å². The SMILES string of the molecule is C[C@H]1CN(C(=O)OC(C)(C)C)Cc2c1nn(C)c2Br. The predicted octanol–water partition coefficient (Wildman–Crippen LogP) is 3.04. The summed E-state index contributed by atoms with van der Waals surface area (Å²) in [5.41, 5.74) is 1.67. The zero-order valence-electron chi connectivity index (χ0n) is 12.0. The molecule has 0 saturated carbocycles. The minimum Gasteiger partial charge on any atom is -0.444 e. The number of halogens is 1. The van der Waals surface area contributed by atoms with E-state index < -0.39 is 5.60 Å². The molecule has 2 heterocycles. The molecule has 0 aromatic carbocycles. The van der Waals surface area contributed by atoms with Gasteiger partial charge >= 0.3 is 6.09 Å². The van der Waals surface area contributed by atoms with Crippen molar-refractivity contribution in [3.8, 4) is 0 Å². The molecule has 0 N–H and O–H groups in total. The van der Waals surface area contributed by atoms with Gasteiger partial charge in [0.15, 0.2) is 0 Å². The van der Waals surface area contributed by atoms with Crippen LogP contribution < -0.4 is 0 Å². The highest BCUT2D eigenvalue weighted by Gasteiger charge is 2.32. The van der Waals surface area contributed by atoms with Crippen molar-refractivity contribution in [2.45, 2.75) is 45.8 Å². The highest BCUT2D eigenvalue weighted by molar-refractivity contribution is 9.10. The maximum Gasteiger partial charge on any atom is 0.410 e. The van der Waals surface area contributed by atoms with E-state index in [1.54, 1.807) is 9.58 Å². The minimum atomic E-state index is -0.466. The molecule has 106 valence electrons. The van der Waals surface area contributed by atoms with Crippen LogP contribution in [0.15, 0.2) is 4.60 Å². The standard InChI is InChI=1S/C13H20BrN3O2/c1-8-6-17(12(18)19-13(2,3)4)7-9-10(8)15-16(5)11(9)14/h8H,6-7H2,1-5H3/t8-/m0/s1. The molecule has 0 aliphatic carbocycles. The number of aryl methyl sites for hydroxylation is 1. The third-order valence-corrected chi connectivity index (χ3v) is 4.05. The van der Waals surface area contributed by atoms with Gasteiger partial charge in [-0.3, -0.25) is 4.68 Å². The summed E-state index contributed by atoms with van der Waals surface area (Å²) in [7, 11) is 1.90. The number of carbonyl (C=O) groups excluding carboxylic acids is 1. The van der Waals surface area contributed by atoms with Crippen molar-refractivity contribution in [3.63, 3.8) is 0 Å². The normalized spacial score (nSPS) is 19.3. The summed E-state index contributed by atoms with van der Waals surface area (Å²) >= 11 is 3.52. The van der Waals surface area contributed by atoms with Crippen LogP contribution >= 0.6 is 15.9 Å². The Morgan fingerprint density at radius 3 is 2.68 bits per heavy atom. The zero-order chi connectivity index (χ0) is 14.4. The number of rotatable bonds is 0. The van der Waals surface area contributed by atoms with E-state index in [2.05, 4.69) is 28.0 Å². The average molecular weight is 330 g/mol. The molecule has 1 amide bonds. The molecule has 1 atom stereocenters. The van der Waals surface area contributed by atoms with Crippen LogP contribution in [0.2, 0.25) is 0 Å². The molecule has 5 nitrogen and oxygen atoms in total. The molecule has 1 aliphatic heterocycles. The van der Waals surface area contributed by atoms with Gasteiger partial charge in [-0.2, -0.15) is 5.10 Å². The molecule has 6 heteroatoms. The smallest absolute Gasteiger partial charge is 0.410 e. The van der Waals surface area contributed by atoms with Crippen LogP contribution in [-0.4, -0.2) is 32.9 Å². The van der Waals surface area contributed by atoms with Gasteiger partial charge in [0.05, 0.1) is 12.2 Å².